The van der Waals surface area contributed by atoms with Crippen molar-refractivity contribution in [2.24, 2.45) is 0 Å². The van der Waals surface area contributed by atoms with Crippen LogP contribution in [0, 0.1) is 20.8 Å². The highest BCUT2D eigenvalue weighted by atomic mass is 32.2. The average molecular weight is 441 g/mol. The number of nitrogens with one attached hydrogen (secondary N) is 1. The van der Waals surface area contributed by atoms with Crippen LogP contribution >= 0.6 is 0 Å². The van der Waals surface area contributed by atoms with Crippen LogP contribution in [0.5, 0.6) is 0 Å². The standard InChI is InChI=1S/C20H28N2O5S2/c1-14-7-9-17(10-8-14)29(26,27)22(6)18-12-19(16(3)11-15(18)2)28(24,25)21-20(4,5)13-23/h7-12,21,23H,13H2,1-6H3. The molecule has 0 aliphatic rings. The molecule has 0 fully saturated rings. The fourth-order valence-corrected chi connectivity index (χ4v) is 5.80. The third kappa shape index (κ3) is 4.98. The van der Waals surface area contributed by atoms with E-state index < -0.39 is 25.6 Å². The Morgan fingerprint density at radius 3 is 2.03 bits per heavy atom. The molecule has 0 saturated carbocycles. The molecule has 0 atom stereocenters. The molecule has 2 rings (SSSR count). The topological polar surface area (TPSA) is 104 Å². The summed E-state index contributed by atoms with van der Waals surface area (Å²) < 4.78 is 55.4. The quantitative estimate of drug-likeness (QED) is 0.688. The Morgan fingerprint density at radius 1 is 0.966 bits per heavy atom. The molecule has 9 heteroatoms. The van der Waals surface area contributed by atoms with Crippen LogP contribution in [0.1, 0.15) is 30.5 Å². The Morgan fingerprint density at radius 2 is 1.52 bits per heavy atom. The molecule has 0 radical (unpaired) electrons. The van der Waals surface area contributed by atoms with E-state index in [0.717, 1.165) is 9.87 Å². The van der Waals surface area contributed by atoms with Crippen molar-refractivity contribution in [1.29, 1.82) is 0 Å². The van der Waals surface area contributed by atoms with Crippen molar-refractivity contribution in [2.75, 3.05) is 18.0 Å². The van der Waals surface area contributed by atoms with Crippen LogP contribution in [-0.4, -0.2) is 41.1 Å². The number of nitrogens with zero attached hydrogens (tertiary/aromatic N) is 1. The summed E-state index contributed by atoms with van der Waals surface area (Å²) in [5.74, 6) is 0. The number of aliphatic hydroxyl groups is 1. The van der Waals surface area contributed by atoms with Gasteiger partial charge in [0.25, 0.3) is 10.0 Å². The molecule has 0 aromatic heterocycles. The van der Waals surface area contributed by atoms with Gasteiger partial charge in [-0.1, -0.05) is 23.8 Å². The molecule has 0 saturated heterocycles. The van der Waals surface area contributed by atoms with E-state index in [9.17, 15) is 21.9 Å². The highest BCUT2D eigenvalue weighted by Gasteiger charge is 2.29. The number of anilines is 1. The van der Waals surface area contributed by atoms with E-state index in [1.165, 1.54) is 25.2 Å². The van der Waals surface area contributed by atoms with E-state index >= 15 is 0 Å². The first-order chi connectivity index (χ1) is 13.2. The Labute approximate surface area is 173 Å². The van der Waals surface area contributed by atoms with Crippen molar-refractivity contribution in [3.63, 3.8) is 0 Å². The van der Waals surface area contributed by atoms with Crippen LogP contribution < -0.4 is 9.03 Å². The lowest BCUT2D eigenvalue weighted by molar-refractivity contribution is 0.208. The monoisotopic (exact) mass is 440 g/mol. The second-order valence-corrected chi connectivity index (χ2v) is 11.5. The molecule has 0 unspecified atom stereocenters. The van der Waals surface area contributed by atoms with E-state index in [2.05, 4.69) is 4.72 Å². The van der Waals surface area contributed by atoms with Crippen molar-refractivity contribution in [1.82, 2.24) is 4.72 Å². The summed E-state index contributed by atoms with van der Waals surface area (Å²) in [5, 5.41) is 9.40. The van der Waals surface area contributed by atoms with Crippen LogP contribution in [0.25, 0.3) is 0 Å². The molecule has 160 valence electrons. The van der Waals surface area contributed by atoms with Crippen LogP contribution in [0.15, 0.2) is 46.2 Å². The fraction of sp³-hybridized carbons (Fsp3) is 0.400. The minimum atomic E-state index is -3.98. The van der Waals surface area contributed by atoms with Gasteiger partial charge in [0.15, 0.2) is 0 Å². The number of sulfonamides is 2. The Balaban J connectivity index is 2.57. The molecular weight excluding hydrogens is 412 g/mol. The molecule has 29 heavy (non-hydrogen) atoms. The van der Waals surface area contributed by atoms with Crippen molar-refractivity contribution in [2.45, 2.75) is 49.9 Å². The van der Waals surface area contributed by atoms with Crippen molar-refractivity contribution >= 4 is 25.7 Å². The van der Waals surface area contributed by atoms with E-state index in [4.69, 9.17) is 0 Å². The smallest absolute Gasteiger partial charge is 0.264 e. The minimum Gasteiger partial charge on any atom is -0.394 e. The van der Waals surface area contributed by atoms with Crippen molar-refractivity contribution < 1.29 is 21.9 Å². The molecule has 2 N–H and O–H groups in total. The maximum atomic E-state index is 13.0. The summed E-state index contributed by atoms with van der Waals surface area (Å²) in [6.45, 7) is 7.97. The number of aliphatic hydroxyl groups excluding tert-OH is 1. The maximum Gasteiger partial charge on any atom is 0.264 e. The highest BCUT2D eigenvalue weighted by Crippen LogP contribution is 2.30. The molecular formula is C20H28N2O5S2. The minimum absolute atomic E-state index is 0.0365. The number of aryl methyl sites for hydroxylation is 3. The summed E-state index contributed by atoms with van der Waals surface area (Å²) in [6, 6.07) is 9.45. The molecule has 0 heterocycles. The molecule has 0 bridgehead atoms. The lowest BCUT2D eigenvalue weighted by atomic mass is 10.1. The lowest BCUT2D eigenvalue weighted by Crippen LogP contribution is -2.46. The number of rotatable bonds is 7. The van der Waals surface area contributed by atoms with Crippen LogP contribution in [-0.2, 0) is 20.0 Å². The van der Waals surface area contributed by atoms with E-state index in [-0.39, 0.29) is 22.1 Å². The Bertz CT molecular complexity index is 1110. The largest absolute Gasteiger partial charge is 0.394 e. The highest BCUT2D eigenvalue weighted by molar-refractivity contribution is 7.92. The Hall–Kier alpha value is -1.94. The first-order valence-corrected chi connectivity index (χ1v) is 12.0. The number of hydrogen-bond acceptors (Lipinski definition) is 5. The summed E-state index contributed by atoms with van der Waals surface area (Å²) in [7, 11) is -6.45. The first kappa shape index (κ1) is 23.3. The van der Waals surface area contributed by atoms with Gasteiger partial charge in [0.2, 0.25) is 10.0 Å². The van der Waals surface area contributed by atoms with Gasteiger partial charge in [-0.05, 0) is 63.9 Å². The molecule has 0 aliphatic heterocycles. The van der Waals surface area contributed by atoms with Gasteiger partial charge in [0.1, 0.15) is 0 Å². The van der Waals surface area contributed by atoms with Crippen molar-refractivity contribution in [3.05, 3.63) is 53.1 Å². The summed E-state index contributed by atoms with van der Waals surface area (Å²) in [6.07, 6.45) is 0. The van der Waals surface area contributed by atoms with Gasteiger partial charge in [-0.25, -0.2) is 21.6 Å². The van der Waals surface area contributed by atoms with Gasteiger partial charge in [-0.2, -0.15) is 0 Å². The third-order valence-electron chi connectivity index (χ3n) is 4.61. The number of benzene rings is 2. The lowest BCUT2D eigenvalue weighted by Gasteiger charge is -2.26. The first-order valence-electron chi connectivity index (χ1n) is 9.03. The van der Waals surface area contributed by atoms with Gasteiger partial charge in [0.05, 0.1) is 27.6 Å². The van der Waals surface area contributed by atoms with Gasteiger partial charge in [-0.15, -0.1) is 0 Å². The van der Waals surface area contributed by atoms with E-state index in [1.807, 2.05) is 6.92 Å². The molecule has 0 spiro atoms. The molecule has 0 aliphatic carbocycles. The summed E-state index contributed by atoms with van der Waals surface area (Å²) in [5.41, 5.74) is 1.24. The van der Waals surface area contributed by atoms with Crippen LogP contribution in [0.2, 0.25) is 0 Å². The Kier molecular flexibility index (Phi) is 6.49. The second-order valence-electron chi connectivity index (χ2n) is 7.84. The molecule has 0 amide bonds. The zero-order chi connectivity index (χ0) is 22.2. The predicted octanol–water partition coefficient (Wildman–Crippen LogP) is 2.49. The maximum absolute atomic E-state index is 13.0. The van der Waals surface area contributed by atoms with Gasteiger partial charge in [0, 0.05) is 7.05 Å². The molecule has 2 aromatic rings. The molecule has 2 aromatic carbocycles. The number of hydrogen-bond donors (Lipinski definition) is 2. The average Bonchev–Trinajstić information content (AvgIpc) is 2.60. The molecule has 7 nitrogen and oxygen atoms in total. The normalized spacial score (nSPS) is 12.8. The van der Waals surface area contributed by atoms with Crippen LogP contribution in [0.4, 0.5) is 5.69 Å². The third-order valence-corrected chi connectivity index (χ3v) is 8.23. The van der Waals surface area contributed by atoms with Gasteiger partial charge < -0.3 is 5.11 Å². The second kappa shape index (κ2) is 8.06. The SMILES string of the molecule is Cc1ccc(S(=O)(=O)N(C)c2cc(S(=O)(=O)NC(C)(C)CO)c(C)cc2C)cc1. The van der Waals surface area contributed by atoms with Crippen LogP contribution in [0.3, 0.4) is 0 Å². The zero-order valence-corrected chi connectivity index (χ0v) is 19.1. The van der Waals surface area contributed by atoms with E-state index in [0.29, 0.717) is 11.1 Å². The summed E-state index contributed by atoms with van der Waals surface area (Å²) >= 11 is 0. The van der Waals surface area contributed by atoms with E-state index in [1.54, 1.807) is 45.9 Å². The van der Waals surface area contributed by atoms with Gasteiger partial charge >= 0.3 is 0 Å². The zero-order valence-electron chi connectivity index (χ0n) is 17.5. The fourth-order valence-electron chi connectivity index (χ4n) is 2.90. The van der Waals surface area contributed by atoms with Gasteiger partial charge in [-0.3, -0.25) is 4.31 Å². The summed E-state index contributed by atoms with van der Waals surface area (Å²) in [4.78, 5) is 0.0834. The predicted molar refractivity (Wildman–Crippen MR) is 114 cm³/mol. The van der Waals surface area contributed by atoms with Crippen molar-refractivity contribution in [3.8, 4) is 0 Å².